The highest BCUT2D eigenvalue weighted by atomic mass is 79.9. The molecule has 0 fully saturated rings. The molecule has 0 saturated heterocycles. The second-order valence-electron chi connectivity index (χ2n) is 3.39. The van der Waals surface area contributed by atoms with Gasteiger partial charge < -0.3 is 4.90 Å². The molecule has 14 heavy (non-hydrogen) atoms. The summed E-state index contributed by atoms with van der Waals surface area (Å²) in [5.74, 6) is 0.835. The van der Waals surface area contributed by atoms with Gasteiger partial charge in [-0.25, -0.2) is 9.50 Å². The monoisotopic (exact) mass is 254 g/mol. The average molecular weight is 255 g/mol. The van der Waals surface area contributed by atoms with Gasteiger partial charge in [0.05, 0.1) is 11.0 Å². The third-order valence-electron chi connectivity index (χ3n) is 1.82. The summed E-state index contributed by atoms with van der Waals surface area (Å²) in [6.45, 7) is 0.758. The maximum Gasteiger partial charge on any atom is 0.169 e. The van der Waals surface area contributed by atoms with Crippen molar-refractivity contribution in [2.45, 2.75) is 6.54 Å². The summed E-state index contributed by atoms with van der Waals surface area (Å²) in [7, 11) is 4.00. The van der Waals surface area contributed by atoms with E-state index in [4.69, 9.17) is 0 Å². The molecule has 0 amide bonds. The Morgan fingerprint density at radius 1 is 1.50 bits per heavy atom. The molecule has 0 radical (unpaired) electrons. The van der Waals surface area contributed by atoms with Gasteiger partial charge in [0.2, 0.25) is 0 Å². The van der Waals surface area contributed by atoms with Crippen LogP contribution in [-0.2, 0) is 6.54 Å². The number of fused-ring (bicyclic) bond motifs is 1. The van der Waals surface area contributed by atoms with Crippen molar-refractivity contribution >= 4 is 21.6 Å². The van der Waals surface area contributed by atoms with E-state index in [2.05, 4.69) is 26.0 Å². The molecule has 0 aliphatic carbocycles. The maximum atomic E-state index is 4.42. The summed E-state index contributed by atoms with van der Waals surface area (Å²) >= 11 is 3.44. The Kier molecular flexibility index (Phi) is 2.52. The molecule has 0 aliphatic heterocycles. The molecule has 5 heteroatoms. The van der Waals surface area contributed by atoms with E-state index in [9.17, 15) is 0 Å². The Morgan fingerprint density at radius 3 is 2.93 bits per heavy atom. The smallest absolute Gasteiger partial charge is 0.169 e. The fraction of sp³-hybridized carbons (Fsp3) is 0.333. The summed E-state index contributed by atoms with van der Waals surface area (Å²) in [6.07, 6.45) is 1.90. The van der Waals surface area contributed by atoms with Crippen molar-refractivity contribution in [1.82, 2.24) is 19.5 Å². The lowest BCUT2D eigenvalue weighted by atomic mass is 10.5. The summed E-state index contributed by atoms with van der Waals surface area (Å²) in [5, 5.41) is 4.35. The van der Waals surface area contributed by atoms with Crippen LogP contribution in [-0.4, -0.2) is 33.6 Å². The standard InChI is InChI=1S/C9H11BrN4/c1-13(2)6-8-11-9-7(10)4-3-5-14(9)12-8/h3-5H,6H2,1-2H3. The Hall–Kier alpha value is -0.940. The third kappa shape index (κ3) is 1.78. The summed E-state index contributed by atoms with van der Waals surface area (Å²) in [5.41, 5.74) is 0.865. The zero-order chi connectivity index (χ0) is 10.1. The van der Waals surface area contributed by atoms with Gasteiger partial charge in [-0.05, 0) is 42.2 Å². The molecule has 74 valence electrons. The second kappa shape index (κ2) is 3.67. The second-order valence-corrected chi connectivity index (χ2v) is 4.24. The van der Waals surface area contributed by atoms with E-state index < -0.39 is 0 Å². The predicted molar refractivity (Wildman–Crippen MR) is 58.1 cm³/mol. The summed E-state index contributed by atoms with van der Waals surface area (Å²) in [4.78, 5) is 6.46. The van der Waals surface area contributed by atoms with Gasteiger partial charge in [0, 0.05) is 6.20 Å². The zero-order valence-electron chi connectivity index (χ0n) is 8.11. The van der Waals surface area contributed by atoms with Crippen molar-refractivity contribution in [3.05, 3.63) is 28.6 Å². The van der Waals surface area contributed by atoms with E-state index in [-0.39, 0.29) is 0 Å². The van der Waals surface area contributed by atoms with E-state index in [0.717, 1.165) is 22.5 Å². The van der Waals surface area contributed by atoms with Crippen molar-refractivity contribution in [2.24, 2.45) is 0 Å². The molecule has 0 atom stereocenters. The van der Waals surface area contributed by atoms with Crippen molar-refractivity contribution < 1.29 is 0 Å². The van der Waals surface area contributed by atoms with Gasteiger partial charge >= 0.3 is 0 Å². The van der Waals surface area contributed by atoms with Crippen LogP contribution in [0.1, 0.15) is 5.82 Å². The van der Waals surface area contributed by atoms with Crippen LogP contribution in [0, 0.1) is 0 Å². The van der Waals surface area contributed by atoms with Gasteiger partial charge in [0.1, 0.15) is 0 Å². The first-order chi connectivity index (χ1) is 6.66. The first-order valence-corrected chi connectivity index (χ1v) is 5.10. The number of nitrogens with zero attached hydrogens (tertiary/aromatic N) is 4. The van der Waals surface area contributed by atoms with Gasteiger partial charge in [-0.3, -0.25) is 0 Å². The molecule has 2 heterocycles. The number of pyridine rings is 1. The maximum absolute atomic E-state index is 4.42. The van der Waals surface area contributed by atoms with Gasteiger partial charge in [-0.15, -0.1) is 5.10 Å². The number of halogens is 1. The first kappa shape index (κ1) is 9.61. The number of aromatic nitrogens is 3. The molecule has 0 aliphatic rings. The highest BCUT2D eigenvalue weighted by Gasteiger charge is 2.06. The van der Waals surface area contributed by atoms with Crippen molar-refractivity contribution in [2.75, 3.05) is 14.1 Å². The molecular weight excluding hydrogens is 244 g/mol. The van der Waals surface area contributed by atoms with Crippen LogP contribution < -0.4 is 0 Å². The Bertz CT molecular complexity index is 449. The lowest BCUT2D eigenvalue weighted by Crippen LogP contribution is -2.11. The molecule has 2 aromatic heterocycles. The van der Waals surface area contributed by atoms with Gasteiger partial charge in [0.25, 0.3) is 0 Å². The van der Waals surface area contributed by atoms with Crippen LogP contribution in [0.2, 0.25) is 0 Å². The van der Waals surface area contributed by atoms with Crippen molar-refractivity contribution in [3.63, 3.8) is 0 Å². The lowest BCUT2D eigenvalue weighted by Gasteiger charge is -2.03. The topological polar surface area (TPSA) is 33.4 Å². The molecule has 0 unspecified atom stereocenters. The molecular formula is C9H11BrN4. The van der Waals surface area contributed by atoms with Crippen LogP contribution in [0.25, 0.3) is 5.65 Å². The van der Waals surface area contributed by atoms with Crippen LogP contribution in [0.4, 0.5) is 0 Å². The average Bonchev–Trinajstić information content (AvgIpc) is 2.47. The normalized spacial score (nSPS) is 11.4. The predicted octanol–water partition coefficient (Wildman–Crippen LogP) is 1.55. The summed E-state index contributed by atoms with van der Waals surface area (Å²) in [6, 6.07) is 3.90. The minimum Gasteiger partial charge on any atom is -0.302 e. The fourth-order valence-electron chi connectivity index (χ4n) is 1.27. The SMILES string of the molecule is CN(C)Cc1nc2c(Br)cccn2n1. The van der Waals surface area contributed by atoms with E-state index in [1.54, 1.807) is 4.52 Å². The van der Waals surface area contributed by atoms with Gasteiger partial charge in [-0.2, -0.15) is 0 Å². The van der Waals surface area contributed by atoms with Crippen molar-refractivity contribution in [1.29, 1.82) is 0 Å². The summed E-state index contributed by atoms with van der Waals surface area (Å²) < 4.78 is 2.75. The molecule has 4 nitrogen and oxygen atoms in total. The highest BCUT2D eigenvalue weighted by molar-refractivity contribution is 9.10. The van der Waals surface area contributed by atoms with E-state index >= 15 is 0 Å². The Labute approximate surface area is 90.7 Å². The van der Waals surface area contributed by atoms with Crippen LogP contribution in [0.3, 0.4) is 0 Å². The number of rotatable bonds is 2. The highest BCUT2D eigenvalue weighted by Crippen LogP contribution is 2.15. The molecule has 0 bridgehead atoms. The van der Waals surface area contributed by atoms with Crippen LogP contribution >= 0.6 is 15.9 Å². The van der Waals surface area contributed by atoms with E-state index in [1.807, 2.05) is 37.3 Å². The largest absolute Gasteiger partial charge is 0.302 e. The third-order valence-corrected chi connectivity index (χ3v) is 2.44. The van der Waals surface area contributed by atoms with Gasteiger partial charge in [-0.1, -0.05) is 0 Å². The van der Waals surface area contributed by atoms with Crippen LogP contribution in [0.15, 0.2) is 22.8 Å². The minimum atomic E-state index is 0.758. The fourth-order valence-corrected chi connectivity index (χ4v) is 1.69. The van der Waals surface area contributed by atoms with E-state index in [1.165, 1.54) is 0 Å². The van der Waals surface area contributed by atoms with Crippen LogP contribution in [0.5, 0.6) is 0 Å². The lowest BCUT2D eigenvalue weighted by molar-refractivity contribution is 0.390. The Morgan fingerprint density at radius 2 is 2.29 bits per heavy atom. The molecule has 0 saturated carbocycles. The first-order valence-electron chi connectivity index (χ1n) is 4.31. The molecule has 2 rings (SSSR count). The van der Waals surface area contributed by atoms with Crippen molar-refractivity contribution in [3.8, 4) is 0 Å². The van der Waals surface area contributed by atoms with E-state index in [0.29, 0.717) is 0 Å². The Balaban J connectivity index is 2.46. The molecule has 2 aromatic rings. The van der Waals surface area contributed by atoms with Gasteiger partial charge in [0.15, 0.2) is 11.5 Å². The number of hydrogen-bond acceptors (Lipinski definition) is 3. The molecule has 0 aromatic carbocycles. The minimum absolute atomic E-state index is 0.758. The quantitative estimate of drug-likeness (QED) is 0.816. The molecule has 0 N–H and O–H groups in total. The zero-order valence-corrected chi connectivity index (χ0v) is 9.69. The number of hydrogen-bond donors (Lipinski definition) is 0. The molecule has 0 spiro atoms.